The summed E-state index contributed by atoms with van der Waals surface area (Å²) >= 11 is 0. The van der Waals surface area contributed by atoms with Gasteiger partial charge in [0, 0.05) is 6.42 Å². The third-order valence-corrected chi connectivity index (χ3v) is 17.8. The fourth-order valence-electron chi connectivity index (χ4n) is 11.8. The summed E-state index contributed by atoms with van der Waals surface area (Å²) in [5, 5.41) is 121. The van der Waals surface area contributed by atoms with E-state index in [-0.39, 0.29) is 18.9 Å². The van der Waals surface area contributed by atoms with E-state index in [1.165, 1.54) is 89.9 Å². The van der Waals surface area contributed by atoms with Crippen LogP contribution in [0.15, 0.2) is 122 Å². The predicted molar refractivity (Wildman–Crippen MR) is 383 cm³/mol. The Balaban J connectivity index is 1.41. The highest BCUT2D eigenvalue weighted by molar-refractivity contribution is 5.76. The molecule has 0 aliphatic carbocycles. The highest BCUT2D eigenvalue weighted by atomic mass is 16.8. The molecule has 3 aliphatic heterocycles. The van der Waals surface area contributed by atoms with Crippen molar-refractivity contribution in [2.24, 2.45) is 0 Å². The van der Waals surface area contributed by atoms with Crippen LogP contribution < -0.4 is 5.32 Å². The average molecular weight is 1370 g/mol. The fraction of sp³-hybridized carbons (Fsp3) is 0.731. The zero-order valence-electron chi connectivity index (χ0n) is 59.0. The van der Waals surface area contributed by atoms with Crippen molar-refractivity contribution in [2.75, 3.05) is 26.4 Å². The maximum Gasteiger partial charge on any atom is 0.220 e. The maximum absolute atomic E-state index is 13.4. The van der Waals surface area contributed by atoms with Gasteiger partial charge in [-0.1, -0.05) is 257 Å². The molecule has 0 aromatic carbocycles. The smallest absolute Gasteiger partial charge is 0.220 e. The number of allylic oxidation sites excluding steroid dienone is 19. The lowest BCUT2D eigenvalue weighted by Gasteiger charge is -2.48. The van der Waals surface area contributed by atoms with Gasteiger partial charge >= 0.3 is 0 Å². The van der Waals surface area contributed by atoms with E-state index in [2.05, 4.69) is 129 Å². The highest BCUT2D eigenvalue weighted by Gasteiger charge is 2.53. The van der Waals surface area contributed by atoms with Crippen molar-refractivity contribution in [3.05, 3.63) is 122 Å². The van der Waals surface area contributed by atoms with Crippen molar-refractivity contribution in [2.45, 2.75) is 336 Å². The number of hydrogen-bond donors (Lipinski definition) is 12. The Morgan fingerprint density at radius 3 is 1.11 bits per heavy atom. The molecular weight excluding hydrogens is 1240 g/mol. The number of aliphatic hydroxyl groups excluding tert-OH is 11. The minimum absolute atomic E-state index is 0.213. The van der Waals surface area contributed by atoms with Gasteiger partial charge in [0.2, 0.25) is 5.91 Å². The summed E-state index contributed by atoms with van der Waals surface area (Å²) in [6.45, 7) is 1.60. The monoisotopic (exact) mass is 1370 g/mol. The van der Waals surface area contributed by atoms with Gasteiger partial charge in [-0.3, -0.25) is 4.79 Å². The molecule has 0 saturated carbocycles. The van der Waals surface area contributed by atoms with Crippen LogP contribution in [0.25, 0.3) is 0 Å². The lowest BCUT2D eigenvalue weighted by Crippen LogP contribution is -2.66. The maximum atomic E-state index is 13.4. The van der Waals surface area contributed by atoms with Crippen LogP contribution in [0.4, 0.5) is 0 Å². The standard InChI is InChI=1S/C78H131NO18/c1-3-5-7-9-11-13-15-17-19-21-23-24-25-26-27-28-29-30-31-32-33-34-35-36-38-40-42-44-46-48-50-52-54-56-66(84)79-61(62(83)55-53-51-49-47-45-43-41-39-37-22-20-18-16-14-12-10-8-6-4-2)60-92-76-72(90)69(87)74(64(58-81)94-76)97-78-73(91)70(88)75(65(59-82)95-78)96-77-71(89)68(86)67(85)63(57-80)93-77/h5,7,11,13,17,19,23-24,26-27,29-30,32-33,35-36,40,42,53,55,61-65,67-78,80-83,85-91H,3-4,6,8-10,12,14-16,18,20-22,25,28,31,34,37-39,41,43-52,54,56-60H2,1-2H3,(H,79,84)/b7-5-,13-11-,19-17-,24-23-,27-26-,30-29-,33-32-,36-35-,42-40-,55-53+. The van der Waals surface area contributed by atoms with Crippen molar-refractivity contribution in [3.63, 3.8) is 0 Å². The summed E-state index contributed by atoms with van der Waals surface area (Å²) < 4.78 is 34.4. The molecule has 0 aromatic heterocycles. The number of nitrogens with one attached hydrogen (secondary N) is 1. The van der Waals surface area contributed by atoms with Crippen molar-refractivity contribution >= 4 is 5.91 Å². The van der Waals surface area contributed by atoms with Crippen molar-refractivity contribution in [1.29, 1.82) is 0 Å². The Morgan fingerprint density at radius 1 is 0.381 bits per heavy atom. The van der Waals surface area contributed by atoms with E-state index < -0.39 is 124 Å². The number of unbranched alkanes of at least 4 members (excludes halogenated alkanes) is 22. The molecule has 0 spiro atoms. The van der Waals surface area contributed by atoms with Gasteiger partial charge in [-0.15, -0.1) is 0 Å². The normalized spacial score (nSPS) is 27.6. The molecule has 3 saturated heterocycles. The Hall–Kier alpha value is -3.81. The first-order chi connectivity index (χ1) is 47.3. The number of hydrogen-bond acceptors (Lipinski definition) is 18. The van der Waals surface area contributed by atoms with Gasteiger partial charge in [0.25, 0.3) is 0 Å². The molecule has 17 unspecified atom stereocenters. The first kappa shape index (κ1) is 87.4. The van der Waals surface area contributed by atoms with Gasteiger partial charge in [-0.2, -0.15) is 0 Å². The predicted octanol–water partition coefficient (Wildman–Crippen LogP) is 11.2. The number of carbonyl (C=O) groups excluding carboxylic acids is 1. The molecule has 3 aliphatic rings. The summed E-state index contributed by atoms with van der Waals surface area (Å²) in [6.07, 6.45) is 53.0. The van der Waals surface area contributed by atoms with Gasteiger partial charge in [0.15, 0.2) is 18.9 Å². The summed E-state index contributed by atoms with van der Waals surface area (Å²) in [4.78, 5) is 13.4. The van der Waals surface area contributed by atoms with E-state index in [1.54, 1.807) is 6.08 Å². The van der Waals surface area contributed by atoms with E-state index >= 15 is 0 Å². The zero-order valence-corrected chi connectivity index (χ0v) is 59.0. The van der Waals surface area contributed by atoms with Crippen molar-refractivity contribution in [1.82, 2.24) is 5.32 Å². The third-order valence-electron chi connectivity index (χ3n) is 17.8. The molecule has 0 radical (unpaired) electrons. The molecule has 1 amide bonds. The molecular formula is C78H131NO18. The van der Waals surface area contributed by atoms with E-state index in [0.717, 1.165) is 116 Å². The van der Waals surface area contributed by atoms with Crippen LogP contribution in [0.5, 0.6) is 0 Å². The van der Waals surface area contributed by atoms with Gasteiger partial charge in [-0.25, -0.2) is 0 Å². The van der Waals surface area contributed by atoms with Gasteiger partial charge in [-0.05, 0) is 89.9 Å². The summed E-state index contributed by atoms with van der Waals surface area (Å²) in [6, 6.07) is -0.994. The number of aliphatic hydroxyl groups is 11. The topological polar surface area (TPSA) is 307 Å². The second kappa shape index (κ2) is 57.8. The Bertz CT molecular complexity index is 2230. The van der Waals surface area contributed by atoms with Crippen molar-refractivity contribution in [3.8, 4) is 0 Å². The van der Waals surface area contributed by atoms with Crippen LogP contribution in [-0.4, -0.2) is 193 Å². The van der Waals surface area contributed by atoms with E-state index in [4.69, 9.17) is 28.4 Å². The van der Waals surface area contributed by atoms with E-state index in [0.29, 0.717) is 6.42 Å². The molecule has 3 heterocycles. The molecule has 12 N–H and O–H groups in total. The van der Waals surface area contributed by atoms with Crippen LogP contribution in [0, 0.1) is 0 Å². The summed E-state index contributed by atoms with van der Waals surface area (Å²) in [5.74, 6) is -0.298. The Kier molecular flexibility index (Phi) is 52.1. The molecule has 19 nitrogen and oxygen atoms in total. The summed E-state index contributed by atoms with van der Waals surface area (Å²) in [5.41, 5.74) is 0. The Labute approximate surface area is 582 Å². The lowest BCUT2D eigenvalue weighted by atomic mass is 9.96. The molecule has 3 fully saturated rings. The van der Waals surface area contributed by atoms with E-state index in [9.17, 15) is 61.0 Å². The second-order valence-electron chi connectivity index (χ2n) is 26.0. The van der Waals surface area contributed by atoms with Gasteiger partial charge in [0.1, 0.15) is 73.2 Å². The van der Waals surface area contributed by atoms with Crippen LogP contribution >= 0.6 is 0 Å². The molecule has 19 heteroatoms. The highest BCUT2D eigenvalue weighted by Crippen LogP contribution is 2.33. The van der Waals surface area contributed by atoms with Crippen LogP contribution in [0.3, 0.4) is 0 Å². The number of ether oxygens (including phenoxy) is 6. The molecule has 3 rings (SSSR count). The molecule has 0 bridgehead atoms. The molecule has 0 aromatic rings. The van der Waals surface area contributed by atoms with Crippen LogP contribution in [-0.2, 0) is 33.2 Å². The molecule has 556 valence electrons. The van der Waals surface area contributed by atoms with Crippen LogP contribution in [0.1, 0.15) is 232 Å². The minimum Gasteiger partial charge on any atom is -0.394 e. The third kappa shape index (κ3) is 38.7. The first-order valence-corrected chi connectivity index (χ1v) is 37.3. The largest absolute Gasteiger partial charge is 0.394 e. The molecule has 17 atom stereocenters. The first-order valence-electron chi connectivity index (χ1n) is 37.3. The summed E-state index contributed by atoms with van der Waals surface area (Å²) in [7, 11) is 0. The SMILES string of the molecule is CC/C=C\C/C=C\C/C=C\C/C=C\C/C=C\C/C=C\C/C=C\C/C=C\C/C=C\CCCCCCCC(=O)NC(COC1OC(CO)C(OC2OC(CO)C(OC3OC(CO)C(O)C(O)C3O)C(O)C2O)C(O)C1O)C(O)/C=C/CCCCCCCCCCCCCCCCCCC. The zero-order chi connectivity index (χ0) is 70.4. The minimum atomic E-state index is -1.99. The fourth-order valence-corrected chi connectivity index (χ4v) is 11.8. The Morgan fingerprint density at radius 2 is 0.711 bits per heavy atom. The van der Waals surface area contributed by atoms with E-state index in [1.807, 2.05) is 6.08 Å². The quantitative estimate of drug-likeness (QED) is 0.0199. The molecule has 97 heavy (non-hydrogen) atoms. The second-order valence-corrected chi connectivity index (χ2v) is 26.0. The number of rotatable bonds is 56. The lowest BCUT2D eigenvalue weighted by molar-refractivity contribution is -0.379. The number of carbonyl (C=O) groups is 1. The average Bonchev–Trinajstić information content (AvgIpc) is 0.845. The van der Waals surface area contributed by atoms with Crippen LogP contribution in [0.2, 0.25) is 0 Å². The van der Waals surface area contributed by atoms with Gasteiger partial charge < -0.3 is 89.9 Å². The van der Waals surface area contributed by atoms with Crippen molar-refractivity contribution < 1.29 is 89.4 Å². The number of amides is 1. The van der Waals surface area contributed by atoms with Gasteiger partial charge in [0.05, 0.1) is 38.6 Å².